The van der Waals surface area contributed by atoms with Crippen molar-refractivity contribution in [1.82, 2.24) is 4.57 Å². The van der Waals surface area contributed by atoms with Gasteiger partial charge in [0.15, 0.2) is 4.80 Å². The number of nitrogens with zero attached hydrogens (tertiary/aromatic N) is 2. The van der Waals surface area contributed by atoms with Crippen LogP contribution in [0.15, 0.2) is 82.1 Å². The van der Waals surface area contributed by atoms with E-state index >= 15 is 0 Å². The van der Waals surface area contributed by atoms with Gasteiger partial charge in [-0.3, -0.25) is 9.36 Å². The normalized spacial score (nSPS) is 16.5. The van der Waals surface area contributed by atoms with Crippen molar-refractivity contribution in [2.24, 2.45) is 4.99 Å². The van der Waals surface area contributed by atoms with E-state index in [1.807, 2.05) is 36.4 Å². The molecule has 0 bridgehead atoms. The van der Waals surface area contributed by atoms with Gasteiger partial charge in [-0.15, -0.1) is 0 Å². The van der Waals surface area contributed by atoms with Crippen LogP contribution in [0.4, 0.5) is 0 Å². The zero-order valence-corrected chi connectivity index (χ0v) is 22.7. The van der Waals surface area contributed by atoms with Crippen molar-refractivity contribution in [3.8, 4) is 5.75 Å². The number of aryl methyl sites for hydroxylation is 1. The number of aromatic hydroxyl groups is 1. The molecule has 2 aliphatic rings. The van der Waals surface area contributed by atoms with E-state index < -0.39 is 5.97 Å². The fraction of sp³-hybridized carbons (Fsp3) is 0.138. The second kappa shape index (κ2) is 9.42. The predicted molar refractivity (Wildman–Crippen MR) is 151 cm³/mol. The van der Waals surface area contributed by atoms with Gasteiger partial charge in [-0.05, 0) is 88.0 Å². The molecule has 0 amide bonds. The number of carbonyl (C=O) groups excluding carboxylic acids is 1. The SMILES string of the molecule is COC(=O)c1ccc(C2C3=C(N=c4sc(=Cc5ccc(O)c(I)c5)c(=O)n42)c2ccccc2CC3)cc1. The third-order valence-electron chi connectivity index (χ3n) is 6.79. The van der Waals surface area contributed by atoms with Crippen LogP contribution in [0.3, 0.4) is 0 Å². The fourth-order valence-electron chi connectivity index (χ4n) is 5.01. The van der Waals surface area contributed by atoms with Crippen LogP contribution in [0.25, 0.3) is 11.8 Å². The molecule has 3 aromatic carbocycles. The number of fused-ring (bicyclic) bond motifs is 3. The van der Waals surface area contributed by atoms with Crippen LogP contribution in [0.2, 0.25) is 0 Å². The first-order valence-corrected chi connectivity index (χ1v) is 13.6. The Morgan fingerprint density at radius 2 is 1.92 bits per heavy atom. The largest absolute Gasteiger partial charge is 0.507 e. The van der Waals surface area contributed by atoms with Gasteiger partial charge in [0.05, 0.1) is 32.5 Å². The van der Waals surface area contributed by atoms with Crippen LogP contribution in [0.5, 0.6) is 5.75 Å². The Hall–Kier alpha value is -3.50. The zero-order chi connectivity index (χ0) is 25.7. The summed E-state index contributed by atoms with van der Waals surface area (Å²) in [6.07, 6.45) is 3.51. The number of aromatic nitrogens is 1. The van der Waals surface area contributed by atoms with Crippen LogP contribution < -0.4 is 14.9 Å². The molecular weight excluding hydrogens is 599 g/mol. The van der Waals surface area contributed by atoms with E-state index in [1.54, 1.807) is 28.8 Å². The lowest BCUT2D eigenvalue weighted by Crippen LogP contribution is -2.38. The maximum Gasteiger partial charge on any atom is 0.337 e. The van der Waals surface area contributed by atoms with Gasteiger partial charge in [0.1, 0.15) is 5.75 Å². The molecule has 1 aromatic heterocycles. The minimum atomic E-state index is -0.398. The van der Waals surface area contributed by atoms with Crippen molar-refractivity contribution < 1.29 is 14.6 Å². The zero-order valence-electron chi connectivity index (χ0n) is 19.8. The van der Waals surface area contributed by atoms with Crippen LogP contribution in [-0.2, 0) is 11.2 Å². The number of allylic oxidation sites excluding steroid dienone is 1. The molecule has 6 nitrogen and oxygen atoms in total. The summed E-state index contributed by atoms with van der Waals surface area (Å²) in [5, 5.41) is 9.89. The fourth-order valence-corrected chi connectivity index (χ4v) is 6.55. The van der Waals surface area contributed by atoms with E-state index in [9.17, 15) is 14.7 Å². The monoisotopic (exact) mass is 620 g/mol. The van der Waals surface area contributed by atoms with E-state index in [0.29, 0.717) is 14.9 Å². The lowest BCUT2D eigenvalue weighted by atomic mass is 9.83. The topological polar surface area (TPSA) is 80.9 Å². The summed E-state index contributed by atoms with van der Waals surface area (Å²) in [6.45, 7) is 0. The summed E-state index contributed by atoms with van der Waals surface area (Å²) in [7, 11) is 1.36. The lowest BCUT2D eigenvalue weighted by Gasteiger charge is -2.30. The molecule has 0 saturated carbocycles. The van der Waals surface area contributed by atoms with Crippen molar-refractivity contribution in [3.63, 3.8) is 0 Å². The second-order valence-electron chi connectivity index (χ2n) is 8.94. The smallest absolute Gasteiger partial charge is 0.337 e. The number of thiazole rings is 1. The number of halogens is 1. The number of esters is 1. The number of carbonyl (C=O) groups is 1. The first kappa shape index (κ1) is 23.9. The van der Waals surface area contributed by atoms with Crippen molar-refractivity contribution >= 4 is 51.7 Å². The summed E-state index contributed by atoms with van der Waals surface area (Å²) in [4.78, 5) is 31.5. The van der Waals surface area contributed by atoms with E-state index in [0.717, 1.165) is 44.4 Å². The molecular formula is C29H21IN2O4S. The van der Waals surface area contributed by atoms with E-state index in [-0.39, 0.29) is 17.4 Å². The number of ether oxygens (including phenoxy) is 1. The Labute approximate surface area is 230 Å². The minimum Gasteiger partial charge on any atom is -0.507 e. The summed E-state index contributed by atoms with van der Waals surface area (Å²) in [6, 6.07) is 20.5. The van der Waals surface area contributed by atoms with Gasteiger partial charge in [0.25, 0.3) is 5.56 Å². The highest BCUT2D eigenvalue weighted by Crippen LogP contribution is 2.41. The molecule has 0 fully saturated rings. The Bertz CT molecular complexity index is 1780. The highest BCUT2D eigenvalue weighted by Gasteiger charge is 2.32. The molecule has 4 aromatic rings. The second-order valence-corrected chi connectivity index (χ2v) is 11.1. The van der Waals surface area contributed by atoms with Gasteiger partial charge < -0.3 is 9.84 Å². The molecule has 2 heterocycles. The van der Waals surface area contributed by atoms with Crippen molar-refractivity contribution in [1.29, 1.82) is 0 Å². The first-order chi connectivity index (χ1) is 17.9. The standard InChI is InChI=1S/C29H21IN2O4S/c1-36-28(35)19-9-7-18(8-10-19)26-21-12-11-17-4-2-3-5-20(17)25(21)31-29-32(26)27(34)24(37-29)15-16-6-13-23(33)22(30)14-16/h2-10,13-15,26,33H,11-12H2,1H3. The van der Waals surface area contributed by atoms with Crippen LogP contribution in [-0.4, -0.2) is 22.8 Å². The molecule has 1 atom stereocenters. The number of benzene rings is 3. The highest BCUT2D eigenvalue weighted by atomic mass is 127. The van der Waals surface area contributed by atoms with Gasteiger partial charge in [-0.1, -0.05) is 53.8 Å². The van der Waals surface area contributed by atoms with Crippen LogP contribution in [0, 0.1) is 3.57 Å². The molecule has 1 unspecified atom stereocenters. The lowest BCUT2D eigenvalue weighted by molar-refractivity contribution is 0.0600. The third kappa shape index (κ3) is 4.14. The van der Waals surface area contributed by atoms with Gasteiger partial charge >= 0.3 is 5.97 Å². The van der Waals surface area contributed by atoms with Gasteiger partial charge in [-0.2, -0.15) is 0 Å². The molecule has 0 radical (unpaired) electrons. The molecule has 1 N–H and O–H groups in total. The Morgan fingerprint density at radius 1 is 1.14 bits per heavy atom. The number of hydrogen-bond donors (Lipinski definition) is 1. The van der Waals surface area contributed by atoms with Crippen LogP contribution in [0.1, 0.15) is 45.1 Å². The van der Waals surface area contributed by atoms with Crippen molar-refractivity contribution in [2.45, 2.75) is 18.9 Å². The summed E-state index contributed by atoms with van der Waals surface area (Å²) in [5.74, 6) is -0.188. The van der Waals surface area contributed by atoms with Crippen molar-refractivity contribution in [2.75, 3.05) is 7.11 Å². The number of methoxy groups -OCH3 is 1. The third-order valence-corrected chi connectivity index (χ3v) is 8.64. The number of phenolic OH excluding ortho intramolecular Hbond substituents is 1. The van der Waals surface area contributed by atoms with Gasteiger partial charge in [-0.25, -0.2) is 9.79 Å². The molecule has 1 aliphatic carbocycles. The molecule has 0 spiro atoms. The molecule has 184 valence electrons. The van der Waals surface area contributed by atoms with E-state index in [1.165, 1.54) is 24.0 Å². The molecule has 6 rings (SSSR count). The minimum absolute atomic E-state index is 0.112. The number of hydrogen-bond acceptors (Lipinski definition) is 6. The van der Waals surface area contributed by atoms with E-state index in [2.05, 4.69) is 34.7 Å². The summed E-state index contributed by atoms with van der Waals surface area (Å²) < 4.78 is 7.93. The van der Waals surface area contributed by atoms with E-state index in [4.69, 9.17) is 9.73 Å². The maximum atomic E-state index is 13.8. The average Bonchev–Trinajstić information content (AvgIpc) is 3.23. The van der Waals surface area contributed by atoms with Gasteiger partial charge in [0, 0.05) is 5.56 Å². The predicted octanol–water partition coefficient (Wildman–Crippen LogP) is 4.42. The molecule has 0 saturated heterocycles. The van der Waals surface area contributed by atoms with Gasteiger partial charge in [0.2, 0.25) is 0 Å². The summed E-state index contributed by atoms with van der Waals surface area (Å²) >= 11 is 3.44. The van der Waals surface area contributed by atoms with Crippen LogP contribution >= 0.6 is 33.9 Å². The maximum absolute atomic E-state index is 13.8. The van der Waals surface area contributed by atoms with Crippen molar-refractivity contribution in [3.05, 3.63) is 123 Å². The first-order valence-electron chi connectivity index (χ1n) is 11.7. The molecule has 8 heteroatoms. The Morgan fingerprint density at radius 3 is 2.68 bits per heavy atom. The molecule has 1 aliphatic heterocycles. The average molecular weight is 620 g/mol. The highest BCUT2D eigenvalue weighted by molar-refractivity contribution is 14.1. The number of rotatable bonds is 3. The Kier molecular flexibility index (Phi) is 6.08. The quantitative estimate of drug-likeness (QED) is 0.272. The molecule has 37 heavy (non-hydrogen) atoms. The number of phenols is 1. The summed E-state index contributed by atoms with van der Waals surface area (Å²) in [5.41, 5.74) is 6.48. The Balaban J connectivity index is 1.58.